The number of rotatable bonds is 4. The average molecular weight is 391 g/mol. The minimum absolute atomic E-state index is 0.0445. The highest BCUT2D eigenvalue weighted by Gasteiger charge is 2.53. The number of carboxylic acid groups (broad SMARTS) is 1. The van der Waals surface area contributed by atoms with Crippen LogP contribution in [-0.4, -0.2) is 29.3 Å². The number of carboxylic acids is 1. The summed E-state index contributed by atoms with van der Waals surface area (Å²) in [5.74, 6) is -0.644. The molecular formula is C24H25NO4. The van der Waals surface area contributed by atoms with E-state index in [2.05, 4.69) is 29.6 Å². The third kappa shape index (κ3) is 2.91. The lowest BCUT2D eigenvalue weighted by atomic mass is 9.57. The summed E-state index contributed by atoms with van der Waals surface area (Å²) in [5.41, 5.74) is 3.92. The van der Waals surface area contributed by atoms with Crippen molar-refractivity contribution in [3.63, 3.8) is 0 Å². The molecule has 0 spiro atoms. The molecule has 0 heterocycles. The second-order valence-corrected chi connectivity index (χ2v) is 8.82. The average Bonchev–Trinajstić information content (AvgIpc) is 3.07. The van der Waals surface area contributed by atoms with Crippen LogP contribution in [0.25, 0.3) is 11.1 Å². The molecule has 0 radical (unpaired) electrons. The zero-order valence-electron chi connectivity index (χ0n) is 16.3. The molecule has 0 aromatic heterocycles. The predicted molar refractivity (Wildman–Crippen MR) is 109 cm³/mol. The monoisotopic (exact) mass is 391 g/mol. The van der Waals surface area contributed by atoms with Gasteiger partial charge in [0.15, 0.2) is 0 Å². The van der Waals surface area contributed by atoms with Crippen LogP contribution in [0.1, 0.15) is 55.6 Å². The van der Waals surface area contributed by atoms with E-state index >= 15 is 0 Å². The van der Waals surface area contributed by atoms with Crippen molar-refractivity contribution in [2.75, 3.05) is 6.61 Å². The molecule has 2 bridgehead atoms. The van der Waals surface area contributed by atoms with Crippen molar-refractivity contribution in [3.05, 3.63) is 59.7 Å². The third-order valence-corrected chi connectivity index (χ3v) is 7.41. The lowest BCUT2D eigenvalue weighted by Gasteiger charge is -2.51. The Morgan fingerprint density at radius 1 is 0.897 bits per heavy atom. The number of hydrogen-bond donors (Lipinski definition) is 2. The summed E-state index contributed by atoms with van der Waals surface area (Å²) in [7, 11) is 0. The maximum Gasteiger partial charge on any atom is 0.407 e. The van der Waals surface area contributed by atoms with Gasteiger partial charge in [-0.3, -0.25) is 4.79 Å². The summed E-state index contributed by atoms with van der Waals surface area (Å²) in [6.07, 6.45) is 3.64. The van der Waals surface area contributed by atoms with Crippen LogP contribution in [0.5, 0.6) is 0 Å². The first-order chi connectivity index (χ1) is 14.0. The maximum atomic E-state index is 12.6. The smallest absolute Gasteiger partial charge is 0.407 e. The molecule has 29 heavy (non-hydrogen) atoms. The molecule has 1 amide bonds. The molecule has 5 heteroatoms. The summed E-state index contributed by atoms with van der Waals surface area (Å²) in [5, 5.41) is 12.6. The normalized spacial score (nSPS) is 27.2. The van der Waals surface area contributed by atoms with Gasteiger partial charge >= 0.3 is 12.1 Å². The Hall–Kier alpha value is -2.82. The first kappa shape index (κ1) is 18.2. The van der Waals surface area contributed by atoms with Gasteiger partial charge in [-0.1, -0.05) is 48.5 Å². The predicted octanol–water partition coefficient (Wildman–Crippen LogP) is 4.70. The molecule has 2 aromatic carbocycles. The Bertz CT molecular complexity index is 912. The Morgan fingerprint density at radius 3 is 1.93 bits per heavy atom. The molecule has 0 unspecified atom stereocenters. The van der Waals surface area contributed by atoms with E-state index in [0.717, 1.165) is 0 Å². The summed E-state index contributed by atoms with van der Waals surface area (Å²) >= 11 is 0. The highest BCUT2D eigenvalue weighted by Crippen LogP contribution is 2.52. The number of amides is 1. The van der Waals surface area contributed by atoms with Crippen LogP contribution < -0.4 is 5.32 Å². The van der Waals surface area contributed by atoms with Crippen LogP contribution in [0, 0.1) is 5.41 Å². The first-order valence-electron chi connectivity index (χ1n) is 10.4. The Morgan fingerprint density at radius 2 is 1.41 bits per heavy atom. The SMILES string of the molecule is O=C(NC12CCC(C(=O)O)(CC1)CC2)OCC1c2ccccc2-c2ccccc21. The lowest BCUT2D eigenvalue weighted by molar-refractivity contribution is -0.156. The largest absolute Gasteiger partial charge is 0.481 e. The molecule has 6 rings (SSSR count). The van der Waals surface area contributed by atoms with Crippen molar-refractivity contribution >= 4 is 12.1 Å². The number of carbonyl (C=O) groups excluding carboxylic acids is 1. The quantitative estimate of drug-likeness (QED) is 0.792. The molecule has 150 valence electrons. The molecule has 0 saturated heterocycles. The van der Waals surface area contributed by atoms with Gasteiger partial charge in [-0.2, -0.15) is 0 Å². The Balaban J connectivity index is 1.26. The molecule has 2 N–H and O–H groups in total. The lowest BCUT2D eigenvalue weighted by Crippen LogP contribution is -2.58. The third-order valence-electron chi connectivity index (χ3n) is 7.41. The van der Waals surface area contributed by atoms with Crippen molar-refractivity contribution in [3.8, 4) is 11.1 Å². The summed E-state index contributed by atoms with van der Waals surface area (Å²) in [4.78, 5) is 24.2. The van der Waals surface area contributed by atoms with Crippen molar-refractivity contribution in [1.82, 2.24) is 5.32 Å². The highest BCUT2D eigenvalue weighted by molar-refractivity contribution is 5.79. The summed E-state index contributed by atoms with van der Waals surface area (Å²) in [6.45, 7) is 0.301. The number of alkyl carbamates (subject to hydrolysis) is 1. The van der Waals surface area contributed by atoms with Gasteiger partial charge in [0.05, 0.1) is 5.41 Å². The van der Waals surface area contributed by atoms with E-state index in [9.17, 15) is 14.7 Å². The van der Waals surface area contributed by atoms with E-state index in [4.69, 9.17) is 4.74 Å². The molecule has 4 aliphatic rings. The molecule has 2 aromatic rings. The molecule has 0 aliphatic heterocycles. The number of aliphatic carboxylic acids is 1. The number of nitrogens with one attached hydrogen (secondary N) is 1. The van der Waals surface area contributed by atoms with Crippen molar-refractivity contribution in [1.29, 1.82) is 0 Å². The van der Waals surface area contributed by atoms with Crippen LogP contribution in [0.2, 0.25) is 0 Å². The van der Waals surface area contributed by atoms with Gasteiger partial charge in [0.1, 0.15) is 6.61 Å². The maximum absolute atomic E-state index is 12.6. The minimum Gasteiger partial charge on any atom is -0.481 e. The van der Waals surface area contributed by atoms with Crippen LogP contribution in [-0.2, 0) is 9.53 Å². The summed E-state index contributed by atoms with van der Waals surface area (Å²) < 4.78 is 5.69. The number of carbonyl (C=O) groups is 2. The van der Waals surface area contributed by atoms with Crippen LogP contribution >= 0.6 is 0 Å². The molecular weight excluding hydrogens is 366 g/mol. The Kier molecular flexibility index (Phi) is 4.16. The standard InChI is InChI=1S/C24H25NO4/c26-21(27)23-9-12-24(13-10-23,14-11-23)25-22(28)29-15-20-18-7-3-1-5-16(18)17-6-2-4-8-19(17)20/h1-8,20H,9-15H2,(H,25,28)(H,26,27). The van der Waals surface area contributed by atoms with Gasteiger partial charge in [-0.25, -0.2) is 4.79 Å². The van der Waals surface area contributed by atoms with Gasteiger partial charge in [-0.15, -0.1) is 0 Å². The van der Waals surface area contributed by atoms with E-state index in [1.807, 2.05) is 24.3 Å². The van der Waals surface area contributed by atoms with Crippen molar-refractivity contribution in [2.24, 2.45) is 5.41 Å². The minimum atomic E-state index is -0.688. The molecule has 3 saturated carbocycles. The van der Waals surface area contributed by atoms with Crippen LogP contribution in [0.4, 0.5) is 4.79 Å². The van der Waals surface area contributed by atoms with Crippen molar-refractivity contribution in [2.45, 2.75) is 50.0 Å². The van der Waals surface area contributed by atoms with Crippen LogP contribution in [0.3, 0.4) is 0 Å². The Labute approximate surface area is 170 Å². The van der Waals surface area contributed by atoms with E-state index < -0.39 is 17.5 Å². The number of hydrogen-bond acceptors (Lipinski definition) is 3. The van der Waals surface area contributed by atoms with Gasteiger partial charge in [0.2, 0.25) is 0 Å². The molecule has 4 aliphatic carbocycles. The van der Waals surface area contributed by atoms with E-state index in [1.54, 1.807) is 0 Å². The van der Waals surface area contributed by atoms with Crippen LogP contribution in [0.15, 0.2) is 48.5 Å². The zero-order valence-corrected chi connectivity index (χ0v) is 16.3. The number of fused-ring (bicyclic) bond motifs is 6. The van der Waals surface area contributed by atoms with Gasteiger partial charge in [-0.05, 0) is 60.8 Å². The zero-order chi connectivity index (χ0) is 20.1. The number of benzene rings is 2. The van der Waals surface area contributed by atoms with E-state index in [1.165, 1.54) is 22.3 Å². The fourth-order valence-corrected chi connectivity index (χ4v) is 5.54. The fraction of sp³-hybridized carbons (Fsp3) is 0.417. The number of ether oxygens (including phenoxy) is 1. The van der Waals surface area contributed by atoms with E-state index in [0.29, 0.717) is 45.1 Å². The van der Waals surface area contributed by atoms with Gasteiger partial charge in [0.25, 0.3) is 0 Å². The van der Waals surface area contributed by atoms with Gasteiger partial charge in [0, 0.05) is 11.5 Å². The summed E-state index contributed by atoms with van der Waals surface area (Å²) in [6, 6.07) is 16.6. The molecule has 0 atom stereocenters. The molecule has 5 nitrogen and oxygen atoms in total. The topological polar surface area (TPSA) is 75.6 Å². The second-order valence-electron chi connectivity index (χ2n) is 8.82. The highest BCUT2D eigenvalue weighted by atomic mass is 16.5. The molecule has 3 fully saturated rings. The van der Waals surface area contributed by atoms with E-state index in [-0.39, 0.29) is 11.5 Å². The second kappa shape index (κ2) is 6.61. The fourth-order valence-electron chi connectivity index (χ4n) is 5.54. The first-order valence-corrected chi connectivity index (χ1v) is 10.4. The van der Waals surface area contributed by atoms with Gasteiger partial charge < -0.3 is 15.2 Å². The van der Waals surface area contributed by atoms with Crippen molar-refractivity contribution < 1.29 is 19.4 Å².